The molecule has 0 aliphatic rings. The normalized spacial score (nSPS) is 11.3. The summed E-state index contributed by atoms with van der Waals surface area (Å²) in [6.07, 6.45) is -4.31. The van der Waals surface area contributed by atoms with Crippen LogP contribution >= 0.6 is 34.8 Å². The Morgan fingerprint density at radius 1 is 1.03 bits per heavy atom. The maximum Gasteiger partial charge on any atom is 0.416 e. The Labute approximate surface area is 196 Å². The third-order valence-corrected chi connectivity index (χ3v) is 5.51. The first kappa shape index (κ1) is 24.0. The number of ether oxygens (including phenoxy) is 1. The summed E-state index contributed by atoms with van der Waals surface area (Å²) >= 11 is 18.0. The average Bonchev–Trinajstić information content (AvgIpc) is 2.73. The van der Waals surface area contributed by atoms with Crippen LogP contribution < -0.4 is 10.1 Å². The second-order valence-corrected chi connectivity index (χ2v) is 7.86. The highest BCUT2D eigenvalue weighted by molar-refractivity contribution is 6.42. The smallest absolute Gasteiger partial charge is 0.416 e. The molecule has 0 aliphatic carbocycles. The summed E-state index contributed by atoms with van der Waals surface area (Å²) < 4.78 is 45.2. The van der Waals surface area contributed by atoms with Crippen LogP contribution in [-0.4, -0.2) is 17.6 Å². The highest BCUT2D eigenvalue weighted by Gasteiger charge is 2.31. The number of aromatic hydroxyl groups is 1. The molecule has 10 heteroatoms. The second kappa shape index (κ2) is 9.90. The summed E-state index contributed by atoms with van der Waals surface area (Å²) in [5, 5.41) is 13.1. The number of anilines is 1. The SMILES string of the molecule is O=C(Nc1cc(C(F)(F)F)ccc1OCCc1cccc(Cl)c1Cl)c1cc(Cl)ccc1O. The zero-order valence-electron chi connectivity index (χ0n) is 16.1. The zero-order chi connectivity index (χ0) is 23.5. The van der Waals surface area contributed by atoms with Crippen LogP contribution in [-0.2, 0) is 12.6 Å². The van der Waals surface area contributed by atoms with E-state index in [0.717, 1.165) is 18.2 Å². The van der Waals surface area contributed by atoms with E-state index in [9.17, 15) is 23.1 Å². The Bertz CT molecular complexity index is 1150. The van der Waals surface area contributed by atoms with Gasteiger partial charge >= 0.3 is 6.18 Å². The Morgan fingerprint density at radius 3 is 2.50 bits per heavy atom. The van der Waals surface area contributed by atoms with E-state index in [2.05, 4.69) is 5.32 Å². The van der Waals surface area contributed by atoms with Gasteiger partial charge in [0.25, 0.3) is 5.91 Å². The molecule has 0 saturated carbocycles. The molecule has 0 aliphatic heterocycles. The van der Waals surface area contributed by atoms with Crippen molar-refractivity contribution in [1.82, 2.24) is 0 Å². The number of benzene rings is 3. The van der Waals surface area contributed by atoms with Gasteiger partial charge in [0.1, 0.15) is 11.5 Å². The lowest BCUT2D eigenvalue weighted by atomic mass is 10.1. The summed E-state index contributed by atoms with van der Waals surface area (Å²) in [5.41, 5.74) is -0.707. The van der Waals surface area contributed by atoms with Gasteiger partial charge < -0.3 is 15.2 Å². The summed E-state index contributed by atoms with van der Waals surface area (Å²) in [7, 11) is 0. The van der Waals surface area contributed by atoms with Crippen LogP contribution in [0.5, 0.6) is 11.5 Å². The number of phenolic OH excluding ortho intramolecular Hbond substituents is 1. The lowest BCUT2D eigenvalue weighted by molar-refractivity contribution is -0.137. The van der Waals surface area contributed by atoms with E-state index < -0.39 is 17.6 Å². The standard InChI is InChI=1S/C22H15Cl3F3NO3/c23-14-5-6-18(30)15(11-14)21(31)29-17-10-13(22(26,27)28)4-7-19(17)32-9-8-12-2-1-3-16(24)20(12)25/h1-7,10-11,30H,8-9H2,(H,29,31). The van der Waals surface area contributed by atoms with Gasteiger partial charge in [0.15, 0.2) is 0 Å². The topological polar surface area (TPSA) is 58.6 Å². The van der Waals surface area contributed by atoms with Crippen molar-refractivity contribution in [1.29, 1.82) is 0 Å². The molecule has 3 aromatic carbocycles. The largest absolute Gasteiger partial charge is 0.507 e. The molecule has 168 valence electrons. The summed E-state index contributed by atoms with van der Waals surface area (Å²) in [5.74, 6) is -1.23. The molecule has 0 bridgehead atoms. The average molecular weight is 505 g/mol. The van der Waals surface area contributed by atoms with Crippen molar-refractivity contribution in [3.8, 4) is 11.5 Å². The number of halogens is 6. The maximum absolute atomic E-state index is 13.2. The van der Waals surface area contributed by atoms with Crippen molar-refractivity contribution in [2.45, 2.75) is 12.6 Å². The van der Waals surface area contributed by atoms with E-state index in [1.807, 2.05) is 0 Å². The molecule has 0 radical (unpaired) electrons. The van der Waals surface area contributed by atoms with Gasteiger partial charge in [-0.2, -0.15) is 13.2 Å². The Balaban J connectivity index is 1.85. The van der Waals surface area contributed by atoms with Crippen LogP contribution in [0.15, 0.2) is 54.6 Å². The number of amides is 1. The van der Waals surface area contributed by atoms with Crippen LogP contribution in [0.3, 0.4) is 0 Å². The molecule has 0 heterocycles. The molecule has 0 atom stereocenters. The van der Waals surface area contributed by atoms with Crippen LogP contribution in [0.25, 0.3) is 0 Å². The monoisotopic (exact) mass is 503 g/mol. The first-order chi connectivity index (χ1) is 15.1. The molecule has 2 N–H and O–H groups in total. The number of phenols is 1. The van der Waals surface area contributed by atoms with E-state index in [1.165, 1.54) is 18.2 Å². The van der Waals surface area contributed by atoms with Gasteiger partial charge in [-0.1, -0.05) is 46.9 Å². The molecule has 0 unspecified atom stereocenters. The first-order valence-electron chi connectivity index (χ1n) is 9.13. The van der Waals surface area contributed by atoms with Gasteiger partial charge in [-0.15, -0.1) is 0 Å². The molecule has 0 aromatic heterocycles. The van der Waals surface area contributed by atoms with Crippen molar-refractivity contribution >= 4 is 46.4 Å². The summed E-state index contributed by atoms with van der Waals surface area (Å²) in [6.45, 7) is 0.0523. The first-order valence-corrected chi connectivity index (χ1v) is 10.3. The summed E-state index contributed by atoms with van der Waals surface area (Å²) in [6, 6.07) is 11.6. The van der Waals surface area contributed by atoms with Gasteiger partial charge in [0.2, 0.25) is 0 Å². The van der Waals surface area contributed by atoms with E-state index >= 15 is 0 Å². The third-order valence-electron chi connectivity index (χ3n) is 4.42. The Hall–Kier alpha value is -2.61. The van der Waals surface area contributed by atoms with Gasteiger partial charge in [-0.05, 0) is 48.0 Å². The number of carbonyl (C=O) groups excluding carboxylic acids is 1. The molecule has 3 rings (SSSR count). The minimum Gasteiger partial charge on any atom is -0.507 e. The maximum atomic E-state index is 13.2. The molecule has 3 aromatic rings. The van der Waals surface area contributed by atoms with Crippen LogP contribution in [0.2, 0.25) is 15.1 Å². The lowest BCUT2D eigenvalue weighted by Crippen LogP contribution is -2.15. The molecule has 0 spiro atoms. The van der Waals surface area contributed by atoms with Gasteiger partial charge in [0.05, 0.1) is 33.5 Å². The van der Waals surface area contributed by atoms with Crippen molar-refractivity contribution in [3.63, 3.8) is 0 Å². The number of alkyl halides is 3. The van der Waals surface area contributed by atoms with E-state index in [1.54, 1.807) is 18.2 Å². The molecule has 0 saturated heterocycles. The quantitative estimate of drug-likeness (QED) is 0.372. The number of nitrogens with one attached hydrogen (secondary N) is 1. The van der Waals surface area contributed by atoms with Gasteiger partial charge in [0, 0.05) is 11.4 Å². The number of carbonyl (C=O) groups is 1. The third kappa shape index (κ3) is 5.79. The zero-order valence-corrected chi connectivity index (χ0v) is 18.4. The fourth-order valence-corrected chi connectivity index (χ4v) is 3.41. The molecule has 1 amide bonds. The lowest BCUT2D eigenvalue weighted by Gasteiger charge is -2.16. The van der Waals surface area contributed by atoms with Crippen LogP contribution in [0.1, 0.15) is 21.5 Å². The number of rotatable bonds is 6. The van der Waals surface area contributed by atoms with Crippen molar-refractivity contribution in [3.05, 3.63) is 86.4 Å². The summed E-state index contributed by atoms with van der Waals surface area (Å²) in [4.78, 5) is 12.6. The van der Waals surface area contributed by atoms with Crippen LogP contribution in [0, 0.1) is 0 Å². The minimum absolute atomic E-state index is 0.00557. The number of hydrogen-bond donors (Lipinski definition) is 2. The molecular weight excluding hydrogens is 490 g/mol. The molecule has 32 heavy (non-hydrogen) atoms. The van der Waals surface area contributed by atoms with Crippen molar-refractivity contribution < 1.29 is 27.8 Å². The van der Waals surface area contributed by atoms with Crippen molar-refractivity contribution in [2.24, 2.45) is 0 Å². The van der Waals surface area contributed by atoms with Crippen LogP contribution in [0.4, 0.5) is 18.9 Å². The molecule has 4 nitrogen and oxygen atoms in total. The predicted molar refractivity (Wildman–Crippen MR) is 118 cm³/mol. The highest BCUT2D eigenvalue weighted by atomic mass is 35.5. The Kier molecular flexibility index (Phi) is 7.44. The fraction of sp³-hybridized carbons (Fsp3) is 0.136. The number of hydrogen-bond acceptors (Lipinski definition) is 3. The van der Waals surface area contributed by atoms with Gasteiger partial charge in [-0.3, -0.25) is 4.79 Å². The molecular formula is C22H15Cl3F3NO3. The minimum atomic E-state index is -4.63. The van der Waals surface area contributed by atoms with Crippen molar-refractivity contribution in [2.75, 3.05) is 11.9 Å². The highest BCUT2D eigenvalue weighted by Crippen LogP contribution is 2.36. The molecule has 0 fully saturated rings. The second-order valence-electron chi connectivity index (χ2n) is 6.64. The fourth-order valence-electron chi connectivity index (χ4n) is 2.82. The predicted octanol–water partition coefficient (Wildman–Crippen LogP) is 7.25. The van der Waals surface area contributed by atoms with Gasteiger partial charge in [-0.25, -0.2) is 0 Å². The van der Waals surface area contributed by atoms with E-state index in [4.69, 9.17) is 39.5 Å². The Morgan fingerprint density at radius 2 is 1.78 bits per heavy atom. The van der Waals surface area contributed by atoms with E-state index in [0.29, 0.717) is 22.0 Å². The van der Waals surface area contributed by atoms with E-state index in [-0.39, 0.29) is 34.4 Å².